The van der Waals surface area contributed by atoms with Crippen LogP contribution in [-0.4, -0.2) is 17.1 Å². The lowest BCUT2D eigenvalue weighted by atomic mass is 10.9. The van der Waals surface area contributed by atoms with Gasteiger partial charge in [0.1, 0.15) is 0 Å². The first-order valence-corrected chi connectivity index (χ1v) is 3.10. The van der Waals surface area contributed by atoms with E-state index in [1.54, 1.807) is 6.21 Å². The van der Waals surface area contributed by atoms with Crippen molar-refractivity contribution in [2.45, 2.75) is 0 Å². The Kier molecular flexibility index (Phi) is 4.25. The Hall–Kier alpha value is -0.420. The highest BCUT2D eigenvalue weighted by molar-refractivity contribution is 8.14. The molecule has 0 aromatic rings. The van der Waals surface area contributed by atoms with Gasteiger partial charge in [0.25, 0.3) is 0 Å². The zero-order valence-corrected chi connectivity index (χ0v) is 6.21. The van der Waals surface area contributed by atoms with Crippen molar-refractivity contribution in [1.82, 2.24) is 5.43 Å². The Bertz CT molecular complexity index is 134. The van der Waals surface area contributed by atoms with E-state index in [1.165, 1.54) is 11.8 Å². The summed E-state index contributed by atoms with van der Waals surface area (Å²) in [6, 6.07) is 0. The third kappa shape index (κ3) is 2.57. The fraction of sp³-hybridized carbons (Fsp3) is 0.333. The number of nitrogens with zero attached hydrogens (tertiary/aromatic N) is 2. The maximum absolute atomic E-state index is 4.93. The monoisotopic (exact) mass is 166 g/mol. The molecule has 1 heterocycles. The van der Waals surface area contributed by atoms with Gasteiger partial charge in [-0.3, -0.25) is 5.43 Å². The molecule has 0 saturated heterocycles. The standard InChI is InChI=1S/C3H6N4S.ClH/c4-6-3-7-5-1-2-8-3;/h1H,2,4H2,(H,6,7);1H. The van der Waals surface area contributed by atoms with Gasteiger partial charge in [-0.05, 0) is 0 Å². The van der Waals surface area contributed by atoms with Gasteiger partial charge in [-0.25, -0.2) is 0 Å². The summed E-state index contributed by atoms with van der Waals surface area (Å²) in [5, 5.41) is 7.80. The van der Waals surface area contributed by atoms with Crippen molar-refractivity contribution in [3.05, 3.63) is 0 Å². The van der Waals surface area contributed by atoms with Crippen LogP contribution in [0.25, 0.3) is 0 Å². The predicted molar refractivity (Wildman–Crippen MR) is 43.0 cm³/mol. The molecule has 0 amide bonds. The molecule has 0 radical (unpaired) electrons. The van der Waals surface area contributed by atoms with E-state index < -0.39 is 0 Å². The first-order chi connectivity index (χ1) is 3.93. The summed E-state index contributed by atoms with van der Waals surface area (Å²) in [6.45, 7) is 0. The maximum atomic E-state index is 4.93. The largest absolute Gasteiger partial charge is 0.321 e. The smallest absolute Gasteiger partial charge is 0.200 e. The van der Waals surface area contributed by atoms with Gasteiger partial charge in [0, 0.05) is 12.0 Å². The van der Waals surface area contributed by atoms with Gasteiger partial charge >= 0.3 is 0 Å². The van der Waals surface area contributed by atoms with Gasteiger partial charge in [0.15, 0.2) is 0 Å². The number of halogens is 1. The Morgan fingerprint density at radius 1 is 1.89 bits per heavy atom. The van der Waals surface area contributed by atoms with Crippen molar-refractivity contribution in [3.63, 3.8) is 0 Å². The van der Waals surface area contributed by atoms with E-state index >= 15 is 0 Å². The molecule has 0 unspecified atom stereocenters. The molecule has 3 N–H and O–H groups in total. The number of amidine groups is 1. The lowest BCUT2D eigenvalue weighted by Gasteiger charge is -2.04. The van der Waals surface area contributed by atoms with E-state index in [0.29, 0.717) is 5.17 Å². The van der Waals surface area contributed by atoms with Crippen LogP contribution in [0, 0.1) is 0 Å². The molecule has 0 aromatic heterocycles. The Balaban J connectivity index is 0.000000640. The van der Waals surface area contributed by atoms with Crippen LogP contribution < -0.4 is 11.3 Å². The molecular weight excluding hydrogens is 160 g/mol. The van der Waals surface area contributed by atoms with Crippen LogP contribution >= 0.6 is 24.2 Å². The van der Waals surface area contributed by atoms with E-state index in [0.717, 1.165) is 5.75 Å². The van der Waals surface area contributed by atoms with Crippen molar-refractivity contribution in [3.8, 4) is 0 Å². The molecular formula is C3H7ClN4S. The highest BCUT2D eigenvalue weighted by Gasteiger charge is 1.98. The number of nitrogens with two attached hydrogens (primary N) is 1. The van der Waals surface area contributed by atoms with Gasteiger partial charge in [-0.2, -0.15) is 10.2 Å². The molecule has 1 aliphatic heterocycles. The van der Waals surface area contributed by atoms with E-state index in [-0.39, 0.29) is 12.4 Å². The molecule has 0 saturated carbocycles. The van der Waals surface area contributed by atoms with Crippen LogP contribution in [0.5, 0.6) is 0 Å². The molecule has 9 heavy (non-hydrogen) atoms. The number of rotatable bonds is 0. The Morgan fingerprint density at radius 2 is 2.67 bits per heavy atom. The predicted octanol–water partition coefficient (Wildman–Crippen LogP) is -0.0399. The molecule has 1 rings (SSSR count). The Labute approximate surface area is 63.4 Å². The molecule has 4 nitrogen and oxygen atoms in total. The van der Waals surface area contributed by atoms with Crippen LogP contribution in [0.15, 0.2) is 10.2 Å². The first-order valence-electron chi connectivity index (χ1n) is 2.11. The highest BCUT2D eigenvalue weighted by Crippen LogP contribution is 2.01. The number of thioether (sulfide) groups is 1. The summed E-state index contributed by atoms with van der Waals surface area (Å²) < 4.78 is 0. The van der Waals surface area contributed by atoms with Gasteiger partial charge < -0.3 is 5.84 Å². The second-order valence-electron chi connectivity index (χ2n) is 1.17. The van der Waals surface area contributed by atoms with E-state index in [9.17, 15) is 0 Å². The minimum absolute atomic E-state index is 0. The topological polar surface area (TPSA) is 62.8 Å². The molecule has 52 valence electrons. The summed E-state index contributed by atoms with van der Waals surface area (Å²) in [5.41, 5.74) is 2.63. The van der Waals surface area contributed by atoms with Gasteiger partial charge in [-0.1, -0.05) is 11.8 Å². The van der Waals surface area contributed by atoms with Crippen LogP contribution in [-0.2, 0) is 0 Å². The van der Waals surface area contributed by atoms with Crippen LogP contribution in [0.3, 0.4) is 0 Å². The van der Waals surface area contributed by atoms with Crippen LogP contribution in [0.2, 0.25) is 0 Å². The molecule has 0 bridgehead atoms. The summed E-state index contributed by atoms with van der Waals surface area (Å²) >= 11 is 1.53. The SMILES string of the molecule is Cl.NN=C1NN=CCS1. The fourth-order valence-electron chi connectivity index (χ4n) is 0.353. The van der Waals surface area contributed by atoms with Gasteiger partial charge in [0.2, 0.25) is 5.17 Å². The van der Waals surface area contributed by atoms with Crippen molar-refractivity contribution in [1.29, 1.82) is 0 Å². The lowest BCUT2D eigenvalue weighted by Crippen LogP contribution is -2.20. The maximum Gasteiger partial charge on any atom is 0.200 e. The zero-order chi connectivity index (χ0) is 5.82. The van der Waals surface area contributed by atoms with Crippen molar-refractivity contribution in [2.75, 3.05) is 5.75 Å². The second kappa shape index (κ2) is 4.46. The van der Waals surface area contributed by atoms with E-state index in [4.69, 9.17) is 5.84 Å². The summed E-state index contributed by atoms with van der Waals surface area (Å²) in [7, 11) is 0. The second-order valence-corrected chi connectivity index (χ2v) is 2.18. The average Bonchev–Trinajstić information content (AvgIpc) is 1.90. The summed E-state index contributed by atoms with van der Waals surface area (Å²) in [6.07, 6.45) is 1.76. The van der Waals surface area contributed by atoms with Gasteiger partial charge in [0.05, 0.1) is 0 Å². The first kappa shape index (κ1) is 8.58. The average molecular weight is 167 g/mol. The number of hydrogen-bond donors (Lipinski definition) is 2. The normalized spacial score (nSPS) is 20.7. The molecule has 6 heteroatoms. The number of nitrogens with one attached hydrogen (secondary N) is 1. The molecule has 0 aromatic carbocycles. The lowest BCUT2D eigenvalue weighted by molar-refractivity contribution is 1.03. The number of hydrogen-bond acceptors (Lipinski definition) is 4. The number of hydrazone groups is 2. The van der Waals surface area contributed by atoms with Crippen LogP contribution in [0.1, 0.15) is 0 Å². The van der Waals surface area contributed by atoms with Gasteiger partial charge in [-0.15, -0.1) is 12.4 Å². The summed E-state index contributed by atoms with van der Waals surface area (Å²) in [5.74, 6) is 5.78. The molecule has 0 atom stereocenters. The minimum atomic E-state index is 0. The molecule has 0 aliphatic carbocycles. The zero-order valence-electron chi connectivity index (χ0n) is 4.57. The van der Waals surface area contributed by atoms with Crippen molar-refractivity contribution >= 4 is 35.6 Å². The minimum Gasteiger partial charge on any atom is -0.321 e. The third-order valence-corrected chi connectivity index (χ3v) is 1.45. The third-order valence-electron chi connectivity index (χ3n) is 0.663. The Morgan fingerprint density at radius 3 is 3.00 bits per heavy atom. The molecule has 0 fully saturated rings. The fourth-order valence-corrected chi connectivity index (χ4v) is 0.851. The quantitative estimate of drug-likeness (QED) is 0.392. The summed E-state index contributed by atoms with van der Waals surface area (Å²) in [4.78, 5) is 0. The molecule has 1 aliphatic rings. The van der Waals surface area contributed by atoms with E-state index in [1.807, 2.05) is 0 Å². The molecule has 0 spiro atoms. The highest BCUT2D eigenvalue weighted by atomic mass is 35.5. The van der Waals surface area contributed by atoms with Crippen molar-refractivity contribution in [2.24, 2.45) is 16.0 Å². The van der Waals surface area contributed by atoms with Crippen molar-refractivity contribution < 1.29 is 0 Å². The van der Waals surface area contributed by atoms with E-state index in [2.05, 4.69) is 15.6 Å². The van der Waals surface area contributed by atoms with Crippen LogP contribution in [0.4, 0.5) is 0 Å².